The fourth-order valence-corrected chi connectivity index (χ4v) is 2.24. The van der Waals surface area contributed by atoms with Crippen LogP contribution in [0.4, 0.5) is 0 Å². The molecule has 1 heterocycles. The standard InChI is InChI=1S/C15H21N3/c1-12-5-4-6-13(11-12)7-8-14(16-2)15-9-10-18(3)17-15/h4-6,9-11,14,16H,7-8H2,1-3H3. The van der Waals surface area contributed by atoms with E-state index in [1.807, 2.05) is 25.0 Å². The lowest BCUT2D eigenvalue weighted by molar-refractivity contribution is 0.527. The summed E-state index contributed by atoms with van der Waals surface area (Å²) < 4.78 is 1.85. The van der Waals surface area contributed by atoms with Crippen LogP contribution in [0.25, 0.3) is 0 Å². The van der Waals surface area contributed by atoms with E-state index >= 15 is 0 Å². The molecule has 1 aromatic carbocycles. The highest BCUT2D eigenvalue weighted by Gasteiger charge is 2.11. The Morgan fingerprint density at radius 1 is 1.33 bits per heavy atom. The van der Waals surface area contributed by atoms with Gasteiger partial charge in [-0.3, -0.25) is 4.68 Å². The van der Waals surface area contributed by atoms with Crippen LogP contribution in [0, 0.1) is 6.92 Å². The van der Waals surface area contributed by atoms with Crippen LogP contribution in [0.1, 0.15) is 29.3 Å². The first-order chi connectivity index (χ1) is 8.69. The zero-order valence-electron chi connectivity index (χ0n) is 11.4. The van der Waals surface area contributed by atoms with Crippen molar-refractivity contribution in [3.63, 3.8) is 0 Å². The molecule has 96 valence electrons. The monoisotopic (exact) mass is 243 g/mol. The molecule has 1 aromatic heterocycles. The van der Waals surface area contributed by atoms with Gasteiger partial charge in [-0.2, -0.15) is 5.10 Å². The van der Waals surface area contributed by atoms with E-state index in [9.17, 15) is 0 Å². The average molecular weight is 243 g/mol. The van der Waals surface area contributed by atoms with Gasteiger partial charge in [0.1, 0.15) is 0 Å². The lowest BCUT2D eigenvalue weighted by Crippen LogP contribution is -2.18. The Morgan fingerprint density at radius 3 is 2.78 bits per heavy atom. The van der Waals surface area contributed by atoms with Crippen molar-refractivity contribution in [2.75, 3.05) is 7.05 Å². The Hall–Kier alpha value is -1.61. The maximum Gasteiger partial charge on any atom is 0.0793 e. The Balaban J connectivity index is 1.99. The molecule has 0 aliphatic carbocycles. The Labute approximate surface area is 109 Å². The van der Waals surface area contributed by atoms with Crippen molar-refractivity contribution >= 4 is 0 Å². The van der Waals surface area contributed by atoms with Crippen LogP contribution < -0.4 is 5.32 Å². The van der Waals surface area contributed by atoms with E-state index in [1.165, 1.54) is 11.1 Å². The Bertz CT molecular complexity index is 502. The topological polar surface area (TPSA) is 29.9 Å². The number of aromatic nitrogens is 2. The van der Waals surface area contributed by atoms with Gasteiger partial charge in [0.2, 0.25) is 0 Å². The maximum absolute atomic E-state index is 4.47. The van der Waals surface area contributed by atoms with Crippen LogP contribution in [0.2, 0.25) is 0 Å². The highest BCUT2D eigenvalue weighted by molar-refractivity contribution is 5.22. The van der Waals surface area contributed by atoms with Gasteiger partial charge < -0.3 is 5.32 Å². The molecular weight excluding hydrogens is 222 g/mol. The average Bonchev–Trinajstić information content (AvgIpc) is 2.77. The van der Waals surface area contributed by atoms with Crippen molar-refractivity contribution < 1.29 is 0 Å². The summed E-state index contributed by atoms with van der Waals surface area (Å²) in [4.78, 5) is 0. The van der Waals surface area contributed by atoms with E-state index in [1.54, 1.807) is 0 Å². The van der Waals surface area contributed by atoms with Crippen LogP contribution in [-0.2, 0) is 13.5 Å². The molecule has 0 spiro atoms. The molecule has 1 unspecified atom stereocenters. The van der Waals surface area contributed by atoms with E-state index in [0.717, 1.165) is 18.5 Å². The molecule has 0 radical (unpaired) electrons. The quantitative estimate of drug-likeness (QED) is 0.875. The maximum atomic E-state index is 4.47. The van der Waals surface area contributed by atoms with Gasteiger partial charge in [-0.15, -0.1) is 0 Å². The van der Waals surface area contributed by atoms with Crippen molar-refractivity contribution in [3.8, 4) is 0 Å². The molecule has 1 N–H and O–H groups in total. The Morgan fingerprint density at radius 2 is 2.17 bits per heavy atom. The highest BCUT2D eigenvalue weighted by Crippen LogP contribution is 2.17. The fraction of sp³-hybridized carbons (Fsp3) is 0.400. The third-order valence-corrected chi connectivity index (χ3v) is 3.24. The minimum Gasteiger partial charge on any atom is -0.312 e. The van der Waals surface area contributed by atoms with Crippen molar-refractivity contribution in [2.45, 2.75) is 25.8 Å². The van der Waals surface area contributed by atoms with E-state index < -0.39 is 0 Å². The largest absolute Gasteiger partial charge is 0.312 e. The molecule has 0 aliphatic heterocycles. The lowest BCUT2D eigenvalue weighted by atomic mass is 10.0. The summed E-state index contributed by atoms with van der Waals surface area (Å²) in [7, 11) is 3.95. The first kappa shape index (κ1) is 12.8. The molecule has 0 aliphatic rings. The van der Waals surface area contributed by atoms with Crippen LogP contribution in [0.3, 0.4) is 0 Å². The Kier molecular flexibility index (Phi) is 4.15. The fourth-order valence-electron chi connectivity index (χ4n) is 2.24. The predicted molar refractivity (Wildman–Crippen MR) is 74.5 cm³/mol. The molecule has 3 nitrogen and oxygen atoms in total. The summed E-state index contributed by atoms with van der Waals surface area (Å²) in [5, 5.41) is 7.81. The number of hydrogen-bond acceptors (Lipinski definition) is 2. The summed E-state index contributed by atoms with van der Waals surface area (Å²) in [5.74, 6) is 0. The smallest absolute Gasteiger partial charge is 0.0793 e. The highest BCUT2D eigenvalue weighted by atomic mass is 15.3. The summed E-state index contributed by atoms with van der Waals surface area (Å²) in [6.07, 6.45) is 4.13. The van der Waals surface area contributed by atoms with Gasteiger partial charge in [-0.25, -0.2) is 0 Å². The molecule has 0 fully saturated rings. The molecule has 0 saturated carbocycles. The number of aryl methyl sites for hydroxylation is 3. The van der Waals surface area contributed by atoms with Crippen molar-refractivity contribution in [1.82, 2.24) is 15.1 Å². The molecule has 0 amide bonds. The van der Waals surface area contributed by atoms with E-state index in [-0.39, 0.29) is 0 Å². The zero-order valence-corrected chi connectivity index (χ0v) is 11.4. The number of hydrogen-bond donors (Lipinski definition) is 1. The van der Waals surface area contributed by atoms with Crippen molar-refractivity contribution in [1.29, 1.82) is 0 Å². The molecule has 0 bridgehead atoms. The van der Waals surface area contributed by atoms with Gasteiger partial charge in [0.15, 0.2) is 0 Å². The van der Waals surface area contributed by atoms with Crippen molar-refractivity contribution in [3.05, 3.63) is 53.3 Å². The molecule has 0 saturated heterocycles. The van der Waals surface area contributed by atoms with Gasteiger partial charge in [-0.05, 0) is 38.4 Å². The van der Waals surface area contributed by atoms with Crippen molar-refractivity contribution in [2.24, 2.45) is 7.05 Å². The summed E-state index contributed by atoms with van der Waals surface area (Å²) >= 11 is 0. The second kappa shape index (κ2) is 5.83. The summed E-state index contributed by atoms with van der Waals surface area (Å²) in [6.45, 7) is 2.14. The van der Waals surface area contributed by atoms with Crippen LogP contribution in [-0.4, -0.2) is 16.8 Å². The van der Waals surface area contributed by atoms with E-state index in [4.69, 9.17) is 0 Å². The van der Waals surface area contributed by atoms with E-state index in [0.29, 0.717) is 6.04 Å². The van der Waals surface area contributed by atoms with Gasteiger partial charge in [0.25, 0.3) is 0 Å². The molecule has 1 atom stereocenters. The third kappa shape index (κ3) is 3.20. The third-order valence-electron chi connectivity index (χ3n) is 3.24. The number of benzene rings is 1. The summed E-state index contributed by atoms with van der Waals surface area (Å²) in [5.41, 5.74) is 3.84. The normalized spacial score (nSPS) is 12.6. The molecule has 2 aromatic rings. The van der Waals surface area contributed by atoms with Crippen LogP contribution in [0.15, 0.2) is 36.5 Å². The number of nitrogens with one attached hydrogen (secondary N) is 1. The zero-order chi connectivity index (χ0) is 13.0. The lowest BCUT2D eigenvalue weighted by Gasteiger charge is -2.13. The minimum absolute atomic E-state index is 0.326. The van der Waals surface area contributed by atoms with Crippen LogP contribution >= 0.6 is 0 Å². The van der Waals surface area contributed by atoms with Gasteiger partial charge in [0, 0.05) is 13.2 Å². The molecular formula is C15H21N3. The molecule has 3 heteroatoms. The second-order valence-corrected chi connectivity index (χ2v) is 4.78. The molecule has 2 rings (SSSR count). The summed E-state index contributed by atoms with van der Waals surface area (Å²) in [6, 6.07) is 11.1. The van der Waals surface area contributed by atoms with E-state index in [2.05, 4.69) is 47.7 Å². The molecule has 18 heavy (non-hydrogen) atoms. The van der Waals surface area contributed by atoms with Gasteiger partial charge in [0.05, 0.1) is 11.7 Å². The van der Waals surface area contributed by atoms with Gasteiger partial charge >= 0.3 is 0 Å². The van der Waals surface area contributed by atoms with Crippen LogP contribution in [0.5, 0.6) is 0 Å². The first-order valence-corrected chi connectivity index (χ1v) is 6.41. The first-order valence-electron chi connectivity index (χ1n) is 6.41. The minimum atomic E-state index is 0.326. The second-order valence-electron chi connectivity index (χ2n) is 4.78. The number of rotatable bonds is 5. The van der Waals surface area contributed by atoms with Gasteiger partial charge in [-0.1, -0.05) is 29.8 Å². The predicted octanol–water partition coefficient (Wildman–Crippen LogP) is 2.62. The number of nitrogens with zero attached hydrogens (tertiary/aromatic N) is 2. The SMILES string of the molecule is CNC(CCc1cccc(C)c1)c1ccn(C)n1.